The van der Waals surface area contributed by atoms with E-state index in [0.29, 0.717) is 17.5 Å². The summed E-state index contributed by atoms with van der Waals surface area (Å²) in [5.74, 6) is 0. The molecule has 0 amide bonds. The van der Waals surface area contributed by atoms with Gasteiger partial charge in [0.15, 0.2) is 6.29 Å². The summed E-state index contributed by atoms with van der Waals surface area (Å²) in [6.45, 7) is 0. The summed E-state index contributed by atoms with van der Waals surface area (Å²) in [4.78, 5) is 10.3. The smallest absolute Gasteiger partial charge is 0.152 e. The molecule has 1 rings (SSSR count). The molecular formula is C7H6BrNO2. The van der Waals surface area contributed by atoms with Crippen LogP contribution in [0.15, 0.2) is 22.7 Å². The zero-order valence-corrected chi connectivity index (χ0v) is 7.13. The largest absolute Gasteiger partial charge is 0.298 e. The van der Waals surface area contributed by atoms with Gasteiger partial charge in [0, 0.05) is 10.0 Å². The fourth-order valence-corrected chi connectivity index (χ4v) is 1.09. The van der Waals surface area contributed by atoms with Gasteiger partial charge < -0.3 is 0 Å². The van der Waals surface area contributed by atoms with Crippen LogP contribution < -0.4 is 5.48 Å². The quantitative estimate of drug-likeness (QED) is 0.587. The number of benzene rings is 1. The first-order valence-electron chi connectivity index (χ1n) is 2.93. The molecule has 0 fully saturated rings. The predicted molar refractivity (Wildman–Crippen MR) is 44.9 cm³/mol. The Kier molecular flexibility index (Phi) is 2.62. The molecule has 11 heavy (non-hydrogen) atoms. The summed E-state index contributed by atoms with van der Waals surface area (Å²) in [5.41, 5.74) is 2.75. The Morgan fingerprint density at radius 2 is 2.27 bits per heavy atom. The number of hydrogen-bond donors (Lipinski definition) is 2. The Hall–Kier alpha value is -0.870. The Bertz CT molecular complexity index is 275. The highest BCUT2D eigenvalue weighted by Crippen LogP contribution is 2.19. The van der Waals surface area contributed by atoms with Crippen molar-refractivity contribution in [3.63, 3.8) is 0 Å². The minimum atomic E-state index is 0.398. The molecule has 0 aliphatic rings. The van der Waals surface area contributed by atoms with Crippen molar-refractivity contribution in [2.75, 3.05) is 5.48 Å². The monoisotopic (exact) mass is 215 g/mol. The van der Waals surface area contributed by atoms with Crippen LogP contribution >= 0.6 is 15.9 Å². The topological polar surface area (TPSA) is 49.3 Å². The van der Waals surface area contributed by atoms with E-state index < -0.39 is 0 Å². The number of hydrogen-bond acceptors (Lipinski definition) is 3. The van der Waals surface area contributed by atoms with Crippen molar-refractivity contribution in [3.05, 3.63) is 28.2 Å². The Morgan fingerprint density at radius 1 is 1.55 bits per heavy atom. The average Bonchev–Trinajstić information content (AvgIpc) is 2.04. The van der Waals surface area contributed by atoms with E-state index in [1.54, 1.807) is 18.2 Å². The van der Waals surface area contributed by atoms with Gasteiger partial charge in [0.25, 0.3) is 0 Å². The van der Waals surface area contributed by atoms with E-state index in [-0.39, 0.29) is 0 Å². The van der Waals surface area contributed by atoms with Crippen LogP contribution in [0.5, 0.6) is 0 Å². The molecule has 0 spiro atoms. The number of halogens is 1. The van der Waals surface area contributed by atoms with Crippen LogP contribution in [-0.2, 0) is 0 Å². The SMILES string of the molecule is O=Cc1ccc(Br)cc1NO. The molecule has 0 saturated heterocycles. The highest BCUT2D eigenvalue weighted by Gasteiger charge is 1.99. The summed E-state index contributed by atoms with van der Waals surface area (Å²) in [6, 6.07) is 4.95. The highest BCUT2D eigenvalue weighted by atomic mass is 79.9. The molecular weight excluding hydrogens is 210 g/mol. The van der Waals surface area contributed by atoms with Gasteiger partial charge in [-0.25, -0.2) is 0 Å². The first kappa shape index (κ1) is 8.23. The minimum absolute atomic E-state index is 0.398. The van der Waals surface area contributed by atoms with Crippen LogP contribution in [0.1, 0.15) is 10.4 Å². The first-order chi connectivity index (χ1) is 5.27. The summed E-state index contributed by atoms with van der Waals surface area (Å²) >= 11 is 3.20. The van der Waals surface area contributed by atoms with E-state index in [1.807, 2.05) is 5.48 Å². The zero-order valence-electron chi connectivity index (χ0n) is 5.54. The van der Waals surface area contributed by atoms with Gasteiger partial charge >= 0.3 is 0 Å². The molecule has 0 heterocycles. The van der Waals surface area contributed by atoms with Crippen molar-refractivity contribution in [2.45, 2.75) is 0 Å². The molecule has 0 aliphatic carbocycles. The number of carbonyl (C=O) groups excluding carboxylic acids is 1. The first-order valence-corrected chi connectivity index (χ1v) is 3.72. The zero-order chi connectivity index (χ0) is 8.27. The van der Waals surface area contributed by atoms with Gasteiger partial charge in [-0.2, -0.15) is 0 Å². The van der Waals surface area contributed by atoms with Gasteiger partial charge in [-0.1, -0.05) is 15.9 Å². The van der Waals surface area contributed by atoms with Crippen LogP contribution in [-0.4, -0.2) is 11.5 Å². The molecule has 0 bridgehead atoms. The van der Waals surface area contributed by atoms with E-state index in [4.69, 9.17) is 5.21 Å². The normalized spacial score (nSPS) is 9.27. The van der Waals surface area contributed by atoms with Gasteiger partial charge in [-0.3, -0.25) is 15.5 Å². The maximum absolute atomic E-state index is 10.3. The van der Waals surface area contributed by atoms with Crippen molar-refractivity contribution in [1.82, 2.24) is 0 Å². The van der Waals surface area contributed by atoms with Gasteiger partial charge in [0.1, 0.15) is 0 Å². The number of aldehydes is 1. The number of anilines is 1. The van der Waals surface area contributed by atoms with Crippen LogP contribution in [0, 0.1) is 0 Å². The van der Waals surface area contributed by atoms with Gasteiger partial charge in [0.05, 0.1) is 5.69 Å². The van der Waals surface area contributed by atoms with Gasteiger partial charge in [-0.15, -0.1) is 0 Å². The molecule has 0 radical (unpaired) electrons. The average molecular weight is 216 g/mol. The maximum Gasteiger partial charge on any atom is 0.152 e. The third-order valence-corrected chi connectivity index (χ3v) is 1.76. The molecule has 1 aromatic carbocycles. The van der Waals surface area contributed by atoms with Crippen LogP contribution in [0.3, 0.4) is 0 Å². The summed E-state index contributed by atoms with van der Waals surface area (Å²) < 4.78 is 0.805. The standard InChI is InChI=1S/C7H6BrNO2/c8-6-2-1-5(4-10)7(3-6)9-11/h1-4,9,11H. The molecule has 3 nitrogen and oxygen atoms in total. The Balaban J connectivity index is 3.16. The molecule has 58 valence electrons. The third kappa shape index (κ3) is 1.78. The second-order valence-corrected chi connectivity index (χ2v) is 2.88. The molecule has 1 aromatic rings. The lowest BCUT2D eigenvalue weighted by Crippen LogP contribution is -1.94. The maximum atomic E-state index is 10.3. The predicted octanol–water partition coefficient (Wildman–Crippen LogP) is 2.06. The molecule has 0 atom stereocenters. The molecule has 4 heteroatoms. The number of rotatable bonds is 2. The lowest BCUT2D eigenvalue weighted by Gasteiger charge is -2.01. The second-order valence-electron chi connectivity index (χ2n) is 1.96. The van der Waals surface area contributed by atoms with Crippen molar-refractivity contribution in [1.29, 1.82) is 0 Å². The highest BCUT2D eigenvalue weighted by molar-refractivity contribution is 9.10. The number of nitrogens with one attached hydrogen (secondary N) is 1. The van der Waals surface area contributed by atoms with E-state index in [0.717, 1.165) is 4.47 Å². The van der Waals surface area contributed by atoms with Crippen molar-refractivity contribution in [2.24, 2.45) is 0 Å². The molecule has 0 unspecified atom stereocenters. The second kappa shape index (κ2) is 3.50. The molecule has 0 aliphatic heterocycles. The van der Waals surface area contributed by atoms with E-state index in [1.165, 1.54) is 0 Å². The van der Waals surface area contributed by atoms with E-state index in [9.17, 15) is 4.79 Å². The van der Waals surface area contributed by atoms with Crippen LogP contribution in [0.25, 0.3) is 0 Å². The Labute approximate surface area is 72.1 Å². The summed E-state index contributed by atoms with van der Waals surface area (Å²) in [6.07, 6.45) is 0.672. The van der Waals surface area contributed by atoms with E-state index in [2.05, 4.69) is 15.9 Å². The fraction of sp³-hybridized carbons (Fsp3) is 0. The molecule has 2 N–H and O–H groups in total. The fourth-order valence-electron chi connectivity index (χ4n) is 0.728. The lowest BCUT2D eigenvalue weighted by molar-refractivity contribution is 0.112. The van der Waals surface area contributed by atoms with Crippen molar-refractivity contribution < 1.29 is 10.0 Å². The third-order valence-electron chi connectivity index (χ3n) is 1.26. The lowest BCUT2D eigenvalue weighted by atomic mass is 10.2. The van der Waals surface area contributed by atoms with Gasteiger partial charge in [-0.05, 0) is 18.2 Å². The van der Waals surface area contributed by atoms with Crippen molar-refractivity contribution in [3.8, 4) is 0 Å². The van der Waals surface area contributed by atoms with Crippen LogP contribution in [0.4, 0.5) is 5.69 Å². The van der Waals surface area contributed by atoms with Crippen molar-refractivity contribution >= 4 is 27.9 Å². The number of carbonyl (C=O) groups is 1. The summed E-state index contributed by atoms with van der Waals surface area (Å²) in [7, 11) is 0. The van der Waals surface area contributed by atoms with Gasteiger partial charge in [0.2, 0.25) is 0 Å². The summed E-state index contributed by atoms with van der Waals surface area (Å²) in [5, 5.41) is 8.54. The van der Waals surface area contributed by atoms with Crippen LogP contribution in [0.2, 0.25) is 0 Å². The van der Waals surface area contributed by atoms with E-state index >= 15 is 0 Å². The Morgan fingerprint density at radius 3 is 2.82 bits per heavy atom. The molecule has 0 saturated carbocycles. The minimum Gasteiger partial charge on any atom is -0.298 e. The molecule has 0 aromatic heterocycles.